The molecular weight excluding hydrogens is 207 g/mol. The standard InChI is InChI=1S/C9H8ClFN2O/c10-5-1-2-6(11)9(14)8(5)7(13)3-4-12/h1-2,7,14H,3,13H2/t7-/m1/s1. The molecule has 0 unspecified atom stereocenters. The molecule has 0 heterocycles. The molecular formula is C9H8ClFN2O. The molecule has 0 aliphatic rings. The van der Waals surface area contributed by atoms with E-state index in [1.165, 1.54) is 6.07 Å². The van der Waals surface area contributed by atoms with Crippen LogP contribution in [0.2, 0.25) is 5.02 Å². The second-order valence-electron chi connectivity index (χ2n) is 2.76. The van der Waals surface area contributed by atoms with Gasteiger partial charge < -0.3 is 10.8 Å². The van der Waals surface area contributed by atoms with E-state index in [-0.39, 0.29) is 17.0 Å². The fourth-order valence-corrected chi connectivity index (χ4v) is 1.40. The quantitative estimate of drug-likeness (QED) is 0.792. The van der Waals surface area contributed by atoms with Crippen LogP contribution in [-0.2, 0) is 0 Å². The summed E-state index contributed by atoms with van der Waals surface area (Å²) in [6, 6.07) is 3.38. The molecule has 5 heteroatoms. The minimum absolute atomic E-state index is 0.0310. The van der Waals surface area contributed by atoms with E-state index in [2.05, 4.69) is 0 Å². The summed E-state index contributed by atoms with van der Waals surface area (Å²) < 4.78 is 12.9. The lowest BCUT2D eigenvalue weighted by Crippen LogP contribution is -2.10. The van der Waals surface area contributed by atoms with E-state index >= 15 is 0 Å². The first-order valence-corrected chi connectivity index (χ1v) is 4.25. The molecule has 74 valence electrons. The van der Waals surface area contributed by atoms with Crippen molar-refractivity contribution < 1.29 is 9.50 Å². The van der Waals surface area contributed by atoms with Gasteiger partial charge in [-0.05, 0) is 12.1 Å². The topological polar surface area (TPSA) is 70.0 Å². The van der Waals surface area contributed by atoms with Gasteiger partial charge in [-0.2, -0.15) is 5.26 Å². The van der Waals surface area contributed by atoms with E-state index in [4.69, 9.17) is 22.6 Å². The highest BCUT2D eigenvalue weighted by molar-refractivity contribution is 6.31. The molecule has 14 heavy (non-hydrogen) atoms. The Labute approximate surface area is 85.5 Å². The molecule has 1 rings (SSSR count). The van der Waals surface area contributed by atoms with E-state index < -0.39 is 17.6 Å². The number of phenols is 1. The largest absolute Gasteiger partial charge is 0.505 e. The van der Waals surface area contributed by atoms with Crippen LogP contribution in [-0.4, -0.2) is 5.11 Å². The Balaban J connectivity index is 3.19. The molecule has 0 bridgehead atoms. The van der Waals surface area contributed by atoms with Gasteiger partial charge >= 0.3 is 0 Å². The second kappa shape index (κ2) is 4.27. The average molecular weight is 215 g/mol. The van der Waals surface area contributed by atoms with Gasteiger partial charge in [0.05, 0.1) is 12.5 Å². The Hall–Kier alpha value is -1.31. The number of nitrogens with two attached hydrogens (primary N) is 1. The summed E-state index contributed by atoms with van der Waals surface area (Å²) in [5.41, 5.74) is 5.62. The Morgan fingerprint density at radius 3 is 2.86 bits per heavy atom. The molecule has 0 spiro atoms. The predicted octanol–water partition coefficient (Wildman–Crippen LogP) is 2.10. The monoisotopic (exact) mass is 214 g/mol. The number of aromatic hydroxyl groups is 1. The molecule has 0 aliphatic heterocycles. The van der Waals surface area contributed by atoms with Crippen LogP contribution in [0.5, 0.6) is 5.75 Å². The Morgan fingerprint density at radius 2 is 2.29 bits per heavy atom. The van der Waals surface area contributed by atoms with E-state index in [0.717, 1.165) is 6.07 Å². The third-order valence-corrected chi connectivity index (χ3v) is 2.13. The molecule has 1 aromatic carbocycles. The number of benzene rings is 1. The molecule has 1 atom stereocenters. The molecule has 0 aromatic heterocycles. The van der Waals surface area contributed by atoms with Crippen molar-refractivity contribution in [3.63, 3.8) is 0 Å². The molecule has 0 radical (unpaired) electrons. The van der Waals surface area contributed by atoms with Crippen molar-refractivity contribution in [2.75, 3.05) is 0 Å². The molecule has 0 fully saturated rings. The van der Waals surface area contributed by atoms with Gasteiger partial charge in [0, 0.05) is 16.6 Å². The summed E-state index contributed by atoms with van der Waals surface area (Å²) in [5, 5.41) is 17.9. The first-order chi connectivity index (χ1) is 6.57. The van der Waals surface area contributed by atoms with Crippen molar-refractivity contribution in [2.45, 2.75) is 12.5 Å². The Bertz CT molecular complexity index is 389. The van der Waals surface area contributed by atoms with Crippen LogP contribution in [0, 0.1) is 17.1 Å². The number of hydrogen-bond donors (Lipinski definition) is 2. The first-order valence-electron chi connectivity index (χ1n) is 3.87. The third kappa shape index (κ3) is 1.95. The van der Waals surface area contributed by atoms with Crippen LogP contribution in [0.25, 0.3) is 0 Å². The van der Waals surface area contributed by atoms with Gasteiger partial charge in [0.2, 0.25) is 0 Å². The zero-order valence-corrected chi connectivity index (χ0v) is 7.92. The predicted molar refractivity (Wildman–Crippen MR) is 50.2 cm³/mol. The highest BCUT2D eigenvalue weighted by atomic mass is 35.5. The molecule has 3 nitrogen and oxygen atoms in total. The summed E-state index contributed by atoms with van der Waals surface area (Å²) >= 11 is 5.72. The lowest BCUT2D eigenvalue weighted by molar-refractivity contribution is 0.421. The lowest BCUT2D eigenvalue weighted by atomic mass is 10.0. The summed E-state index contributed by atoms with van der Waals surface area (Å²) in [6.07, 6.45) is -0.0310. The number of phenolic OH excluding ortho intramolecular Hbond substituents is 1. The molecule has 3 N–H and O–H groups in total. The smallest absolute Gasteiger partial charge is 0.165 e. The van der Waals surface area contributed by atoms with Crippen molar-refractivity contribution in [3.05, 3.63) is 28.5 Å². The molecule has 1 aromatic rings. The fraction of sp³-hybridized carbons (Fsp3) is 0.222. The van der Waals surface area contributed by atoms with E-state index in [0.29, 0.717) is 0 Å². The van der Waals surface area contributed by atoms with Crippen molar-refractivity contribution in [1.29, 1.82) is 5.26 Å². The maximum atomic E-state index is 12.9. The zero-order valence-electron chi connectivity index (χ0n) is 7.17. The van der Waals surface area contributed by atoms with Crippen LogP contribution < -0.4 is 5.73 Å². The van der Waals surface area contributed by atoms with Gasteiger partial charge in [0.25, 0.3) is 0 Å². The van der Waals surface area contributed by atoms with Crippen molar-refractivity contribution >= 4 is 11.6 Å². The van der Waals surface area contributed by atoms with Gasteiger partial charge in [0.15, 0.2) is 11.6 Å². The highest BCUT2D eigenvalue weighted by Gasteiger charge is 2.17. The van der Waals surface area contributed by atoms with Gasteiger partial charge in [-0.25, -0.2) is 4.39 Å². The zero-order chi connectivity index (χ0) is 10.7. The number of nitriles is 1. The summed E-state index contributed by atoms with van der Waals surface area (Å²) in [4.78, 5) is 0. The van der Waals surface area contributed by atoms with Crippen LogP contribution in [0.4, 0.5) is 4.39 Å². The Morgan fingerprint density at radius 1 is 1.64 bits per heavy atom. The number of nitrogens with zero attached hydrogens (tertiary/aromatic N) is 1. The minimum atomic E-state index is -0.794. The number of rotatable bonds is 2. The van der Waals surface area contributed by atoms with Gasteiger partial charge in [-0.3, -0.25) is 0 Å². The average Bonchev–Trinajstić information content (AvgIpc) is 2.13. The lowest BCUT2D eigenvalue weighted by Gasteiger charge is -2.12. The van der Waals surface area contributed by atoms with Crippen LogP contribution >= 0.6 is 11.6 Å². The van der Waals surface area contributed by atoms with Gasteiger partial charge in [-0.1, -0.05) is 11.6 Å². The molecule has 0 saturated carbocycles. The summed E-state index contributed by atoms with van der Waals surface area (Å²) in [5.74, 6) is -1.38. The maximum absolute atomic E-state index is 12.9. The van der Waals surface area contributed by atoms with Crippen LogP contribution in [0.1, 0.15) is 18.0 Å². The second-order valence-corrected chi connectivity index (χ2v) is 3.17. The fourth-order valence-electron chi connectivity index (χ4n) is 1.11. The van der Waals surface area contributed by atoms with Gasteiger partial charge in [0.1, 0.15) is 0 Å². The summed E-state index contributed by atoms with van der Waals surface area (Å²) in [6.45, 7) is 0. The van der Waals surface area contributed by atoms with Crippen LogP contribution in [0.15, 0.2) is 12.1 Å². The minimum Gasteiger partial charge on any atom is -0.505 e. The molecule has 0 aliphatic carbocycles. The first kappa shape index (κ1) is 10.8. The van der Waals surface area contributed by atoms with Gasteiger partial charge in [-0.15, -0.1) is 0 Å². The third-order valence-electron chi connectivity index (χ3n) is 1.80. The van der Waals surface area contributed by atoms with E-state index in [9.17, 15) is 9.50 Å². The number of hydrogen-bond acceptors (Lipinski definition) is 3. The van der Waals surface area contributed by atoms with E-state index in [1.54, 1.807) is 0 Å². The van der Waals surface area contributed by atoms with E-state index in [1.807, 2.05) is 6.07 Å². The summed E-state index contributed by atoms with van der Waals surface area (Å²) in [7, 11) is 0. The SMILES string of the molecule is N#CC[C@@H](N)c1c(Cl)ccc(F)c1O. The van der Waals surface area contributed by atoms with Crippen molar-refractivity contribution in [3.8, 4) is 11.8 Å². The normalized spacial score (nSPS) is 12.1. The maximum Gasteiger partial charge on any atom is 0.165 e. The van der Waals surface area contributed by atoms with Crippen molar-refractivity contribution in [2.24, 2.45) is 5.73 Å². The van der Waals surface area contributed by atoms with Crippen molar-refractivity contribution in [1.82, 2.24) is 0 Å². The molecule has 0 amide bonds. The van der Waals surface area contributed by atoms with Crippen LogP contribution in [0.3, 0.4) is 0 Å². The number of halogens is 2. The molecule has 0 saturated heterocycles. The highest BCUT2D eigenvalue weighted by Crippen LogP contribution is 2.33. The Kier molecular flexibility index (Phi) is 3.28.